The standard InChI is InChI=1S/C15H10ClFN2O2/c1-8-5-9(17)3-4-12(8)19-13-7-11(16)14(18-2)6-10(13)15(20)21/h3-7,19H,1H3,(H,20,21). The van der Waals surface area contributed by atoms with Crippen LogP contribution in [0, 0.1) is 19.3 Å². The first kappa shape index (κ1) is 14.8. The first-order valence-electron chi connectivity index (χ1n) is 5.90. The van der Waals surface area contributed by atoms with E-state index in [-0.39, 0.29) is 27.8 Å². The van der Waals surface area contributed by atoms with Gasteiger partial charge in [0.05, 0.1) is 17.8 Å². The zero-order valence-corrected chi connectivity index (χ0v) is 11.7. The van der Waals surface area contributed by atoms with Gasteiger partial charge >= 0.3 is 5.97 Å². The third-order valence-corrected chi connectivity index (χ3v) is 3.20. The summed E-state index contributed by atoms with van der Waals surface area (Å²) in [4.78, 5) is 14.5. The van der Waals surface area contributed by atoms with Gasteiger partial charge in [0.1, 0.15) is 5.82 Å². The van der Waals surface area contributed by atoms with Gasteiger partial charge in [-0.1, -0.05) is 11.6 Å². The topological polar surface area (TPSA) is 53.7 Å². The number of aryl methyl sites for hydroxylation is 1. The molecule has 0 radical (unpaired) electrons. The van der Waals surface area contributed by atoms with Crippen LogP contribution in [0.2, 0.25) is 5.02 Å². The molecule has 6 heteroatoms. The van der Waals surface area contributed by atoms with Gasteiger partial charge in [-0.3, -0.25) is 0 Å². The Morgan fingerprint density at radius 2 is 2.05 bits per heavy atom. The number of halogens is 2. The summed E-state index contributed by atoms with van der Waals surface area (Å²) in [5.41, 5.74) is 1.42. The number of carbonyl (C=O) groups is 1. The molecule has 0 atom stereocenters. The van der Waals surface area contributed by atoms with Crippen molar-refractivity contribution in [2.45, 2.75) is 6.92 Å². The molecule has 2 N–H and O–H groups in total. The maximum Gasteiger partial charge on any atom is 0.336 e. The number of aromatic carboxylic acids is 1. The van der Waals surface area contributed by atoms with E-state index in [1.54, 1.807) is 6.92 Å². The molecule has 0 saturated heterocycles. The van der Waals surface area contributed by atoms with Crippen LogP contribution >= 0.6 is 11.6 Å². The fourth-order valence-corrected chi connectivity index (χ4v) is 2.05. The minimum Gasteiger partial charge on any atom is -0.478 e. The van der Waals surface area contributed by atoms with Crippen LogP contribution in [0.4, 0.5) is 21.5 Å². The Kier molecular flexibility index (Phi) is 4.10. The van der Waals surface area contributed by atoms with Crippen LogP contribution in [-0.4, -0.2) is 11.1 Å². The maximum atomic E-state index is 13.1. The van der Waals surface area contributed by atoms with Crippen LogP contribution in [0.1, 0.15) is 15.9 Å². The summed E-state index contributed by atoms with van der Waals surface area (Å²) in [7, 11) is 0. The maximum absolute atomic E-state index is 13.1. The molecule has 0 fully saturated rings. The van der Waals surface area contributed by atoms with Gasteiger partial charge in [-0.2, -0.15) is 0 Å². The van der Waals surface area contributed by atoms with Crippen molar-refractivity contribution < 1.29 is 14.3 Å². The molecular formula is C15H10ClFN2O2. The van der Waals surface area contributed by atoms with Crippen molar-refractivity contribution >= 4 is 34.6 Å². The summed E-state index contributed by atoms with van der Waals surface area (Å²) in [5, 5.41) is 12.3. The van der Waals surface area contributed by atoms with Crippen molar-refractivity contribution in [3.05, 3.63) is 63.7 Å². The first-order chi connectivity index (χ1) is 9.92. The number of hydrogen-bond acceptors (Lipinski definition) is 2. The lowest BCUT2D eigenvalue weighted by molar-refractivity contribution is 0.0698. The van der Waals surface area contributed by atoms with Gasteiger partial charge in [0.15, 0.2) is 0 Å². The van der Waals surface area contributed by atoms with Gasteiger partial charge in [0, 0.05) is 10.7 Å². The molecule has 2 rings (SSSR count). The molecule has 0 aliphatic carbocycles. The minimum atomic E-state index is -1.18. The molecule has 0 aliphatic rings. The predicted molar refractivity (Wildman–Crippen MR) is 79.1 cm³/mol. The number of benzene rings is 2. The smallest absolute Gasteiger partial charge is 0.336 e. The second-order valence-electron chi connectivity index (χ2n) is 4.35. The minimum absolute atomic E-state index is 0.0652. The second-order valence-corrected chi connectivity index (χ2v) is 4.76. The van der Waals surface area contributed by atoms with E-state index in [0.717, 1.165) is 0 Å². The number of anilines is 2. The van der Waals surface area contributed by atoms with E-state index >= 15 is 0 Å². The van der Waals surface area contributed by atoms with Crippen LogP contribution in [0.5, 0.6) is 0 Å². The Hall–Kier alpha value is -2.58. The van der Waals surface area contributed by atoms with Gasteiger partial charge in [0.25, 0.3) is 0 Å². The number of carboxylic acids is 1. The summed E-state index contributed by atoms with van der Waals surface area (Å²) in [6, 6.07) is 6.69. The molecule has 0 bridgehead atoms. The average Bonchev–Trinajstić information content (AvgIpc) is 2.41. The molecule has 21 heavy (non-hydrogen) atoms. The molecule has 4 nitrogen and oxygen atoms in total. The summed E-state index contributed by atoms with van der Waals surface area (Å²) in [6.45, 7) is 8.65. The third kappa shape index (κ3) is 3.12. The number of carboxylic acid groups (broad SMARTS) is 1. The molecule has 0 aromatic heterocycles. The summed E-state index contributed by atoms with van der Waals surface area (Å²) >= 11 is 5.93. The number of nitrogens with one attached hydrogen (secondary N) is 1. The monoisotopic (exact) mass is 304 g/mol. The Morgan fingerprint density at radius 3 is 2.62 bits per heavy atom. The van der Waals surface area contributed by atoms with E-state index in [2.05, 4.69) is 10.2 Å². The van der Waals surface area contributed by atoms with Crippen LogP contribution < -0.4 is 5.32 Å². The number of rotatable bonds is 3. The first-order valence-corrected chi connectivity index (χ1v) is 6.27. The van der Waals surface area contributed by atoms with Crippen LogP contribution in [0.3, 0.4) is 0 Å². The van der Waals surface area contributed by atoms with Crippen LogP contribution in [-0.2, 0) is 0 Å². The lowest BCUT2D eigenvalue weighted by Gasteiger charge is -2.13. The molecule has 2 aromatic rings. The van der Waals surface area contributed by atoms with E-state index < -0.39 is 5.97 Å². The molecule has 0 heterocycles. The zero-order chi connectivity index (χ0) is 15.6. The van der Waals surface area contributed by atoms with Gasteiger partial charge < -0.3 is 10.4 Å². The molecule has 0 saturated carbocycles. The molecule has 0 amide bonds. The fourth-order valence-electron chi connectivity index (χ4n) is 1.84. The van der Waals surface area contributed by atoms with Crippen LogP contribution in [0.15, 0.2) is 30.3 Å². The SMILES string of the molecule is [C-]#[N+]c1cc(C(=O)O)c(Nc2ccc(F)cc2C)cc1Cl. The van der Waals surface area contributed by atoms with Crippen molar-refractivity contribution in [3.8, 4) is 0 Å². The third-order valence-electron chi connectivity index (χ3n) is 2.90. The lowest BCUT2D eigenvalue weighted by Crippen LogP contribution is -2.03. The highest BCUT2D eigenvalue weighted by Crippen LogP contribution is 2.33. The summed E-state index contributed by atoms with van der Waals surface area (Å²) < 4.78 is 13.1. The second kappa shape index (κ2) is 5.81. The molecule has 106 valence electrons. The largest absolute Gasteiger partial charge is 0.478 e. The molecule has 0 aliphatic heterocycles. The van der Waals surface area contributed by atoms with Gasteiger partial charge in [-0.25, -0.2) is 14.0 Å². The van der Waals surface area contributed by atoms with Gasteiger partial charge in [0.2, 0.25) is 5.69 Å². The van der Waals surface area contributed by atoms with E-state index in [0.29, 0.717) is 11.3 Å². The number of hydrogen-bond donors (Lipinski definition) is 2. The zero-order valence-electron chi connectivity index (χ0n) is 10.9. The van der Waals surface area contributed by atoms with E-state index in [9.17, 15) is 14.3 Å². The number of nitrogens with zero attached hydrogens (tertiary/aromatic N) is 1. The highest BCUT2D eigenvalue weighted by molar-refractivity contribution is 6.34. The van der Waals surface area contributed by atoms with Crippen molar-refractivity contribution in [1.29, 1.82) is 0 Å². The Bertz CT molecular complexity index is 769. The van der Waals surface area contributed by atoms with Crippen molar-refractivity contribution in [2.24, 2.45) is 0 Å². The summed E-state index contributed by atoms with van der Waals surface area (Å²) in [5.74, 6) is -1.56. The highest BCUT2D eigenvalue weighted by Gasteiger charge is 2.15. The van der Waals surface area contributed by atoms with E-state index in [1.807, 2.05) is 0 Å². The van der Waals surface area contributed by atoms with E-state index in [4.69, 9.17) is 18.2 Å². The van der Waals surface area contributed by atoms with Gasteiger partial charge in [-0.05, 0) is 42.8 Å². The molecule has 0 unspecified atom stereocenters. The highest BCUT2D eigenvalue weighted by atomic mass is 35.5. The quantitative estimate of drug-likeness (QED) is 0.802. The Balaban J connectivity index is 2.51. The molecule has 2 aromatic carbocycles. The predicted octanol–water partition coefficient (Wildman–Crippen LogP) is 4.78. The van der Waals surface area contributed by atoms with Gasteiger partial charge in [-0.15, -0.1) is 0 Å². The lowest BCUT2D eigenvalue weighted by atomic mass is 10.1. The molecule has 0 spiro atoms. The molecular weight excluding hydrogens is 295 g/mol. The average molecular weight is 305 g/mol. The van der Waals surface area contributed by atoms with E-state index in [1.165, 1.54) is 30.3 Å². The van der Waals surface area contributed by atoms with Crippen LogP contribution in [0.25, 0.3) is 4.85 Å². The van der Waals surface area contributed by atoms with Crippen molar-refractivity contribution in [1.82, 2.24) is 0 Å². The Morgan fingerprint density at radius 1 is 1.33 bits per heavy atom. The summed E-state index contributed by atoms with van der Waals surface area (Å²) in [6.07, 6.45) is 0. The normalized spacial score (nSPS) is 10.0. The van der Waals surface area contributed by atoms with Crippen molar-refractivity contribution in [2.75, 3.05) is 5.32 Å². The van der Waals surface area contributed by atoms with Crippen molar-refractivity contribution in [3.63, 3.8) is 0 Å². The fraction of sp³-hybridized carbons (Fsp3) is 0.0667. The Labute approximate surface area is 125 Å².